The van der Waals surface area contributed by atoms with Crippen molar-refractivity contribution < 1.29 is 17.9 Å². The second kappa shape index (κ2) is 5.86. The van der Waals surface area contributed by atoms with Gasteiger partial charge in [-0.15, -0.1) is 0 Å². The van der Waals surface area contributed by atoms with Crippen molar-refractivity contribution in [3.63, 3.8) is 0 Å². The lowest BCUT2D eigenvalue weighted by Crippen LogP contribution is -2.31. The molecule has 1 aromatic rings. The Morgan fingerprint density at radius 1 is 1.39 bits per heavy atom. The van der Waals surface area contributed by atoms with E-state index < -0.39 is 21.0 Å². The first-order valence-corrected chi connectivity index (χ1v) is 7.53. The molecule has 5 nitrogen and oxygen atoms in total. The third-order valence-electron chi connectivity index (χ3n) is 2.46. The highest BCUT2D eigenvalue weighted by molar-refractivity contribution is 7.92. The van der Waals surface area contributed by atoms with E-state index in [-0.39, 0.29) is 0 Å². The fraction of sp³-hybridized carbons (Fsp3) is 0.417. The summed E-state index contributed by atoms with van der Waals surface area (Å²) in [6.45, 7) is 3.65. The highest BCUT2D eigenvalue weighted by Gasteiger charge is 2.24. The molecule has 1 atom stereocenters. The molecule has 0 saturated carbocycles. The topological polar surface area (TPSA) is 72.5 Å². The number of benzene rings is 1. The predicted molar refractivity (Wildman–Crippen MR) is 70.5 cm³/mol. The SMILES string of the molecule is CCOc1ccccc1NC(=O)[C@H](C)S(C)(=O)=O. The number of rotatable bonds is 5. The number of amides is 1. The predicted octanol–water partition coefficient (Wildman–Crippen LogP) is 1.46. The summed E-state index contributed by atoms with van der Waals surface area (Å²) in [6.07, 6.45) is 1.03. The van der Waals surface area contributed by atoms with Crippen molar-refractivity contribution in [3.05, 3.63) is 24.3 Å². The molecule has 0 saturated heterocycles. The van der Waals surface area contributed by atoms with Crippen LogP contribution in [0.4, 0.5) is 5.69 Å². The van der Waals surface area contributed by atoms with Crippen LogP contribution in [0, 0.1) is 0 Å². The molecule has 1 amide bonds. The Labute approximate surface area is 107 Å². The Kier molecular flexibility index (Phi) is 4.72. The molecule has 1 rings (SSSR count). The Bertz CT molecular complexity index is 525. The van der Waals surface area contributed by atoms with Crippen molar-refractivity contribution in [3.8, 4) is 5.75 Å². The van der Waals surface area contributed by atoms with Crippen LogP contribution in [0.15, 0.2) is 24.3 Å². The maximum absolute atomic E-state index is 11.8. The summed E-state index contributed by atoms with van der Waals surface area (Å²) in [5.74, 6) is -0.0429. The van der Waals surface area contributed by atoms with E-state index in [9.17, 15) is 13.2 Å². The van der Waals surface area contributed by atoms with Gasteiger partial charge in [0, 0.05) is 6.26 Å². The van der Waals surface area contributed by atoms with E-state index in [2.05, 4.69) is 5.32 Å². The van der Waals surface area contributed by atoms with E-state index in [4.69, 9.17) is 4.74 Å². The van der Waals surface area contributed by atoms with Crippen LogP contribution in [-0.2, 0) is 14.6 Å². The zero-order valence-corrected chi connectivity index (χ0v) is 11.5. The molecule has 0 aliphatic heterocycles. The van der Waals surface area contributed by atoms with Gasteiger partial charge in [-0.25, -0.2) is 8.42 Å². The third kappa shape index (κ3) is 3.73. The first-order valence-electron chi connectivity index (χ1n) is 5.57. The van der Waals surface area contributed by atoms with Crippen LogP contribution in [-0.4, -0.2) is 32.4 Å². The minimum Gasteiger partial charge on any atom is -0.492 e. The van der Waals surface area contributed by atoms with Crippen molar-refractivity contribution in [2.24, 2.45) is 0 Å². The van der Waals surface area contributed by atoms with Gasteiger partial charge in [0.2, 0.25) is 5.91 Å². The Morgan fingerprint density at radius 3 is 2.56 bits per heavy atom. The molecule has 6 heteroatoms. The van der Waals surface area contributed by atoms with Gasteiger partial charge in [-0.3, -0.25) is 4.79 Å². The zero-order chi connectivity index (χ0) is 13.8. The van der Waals surface area contributed by atoms with Crippen LogP contribution in [0.2, 0.25) is 0 Å². The number of ether oxygens (including phenoxy) is 1. The molecule has 0 aliphatic rings. The van der Waals surface area contributed by atoms with Gasteiger partial charge in [-0.2, -0.15) is 0 Å². The van der Waals surface area contributed by atoms with Gasteiger partial charge in [-0.1, -0.05) is 12.1 Å². The lowest BCUT2D eigenvalue weighted by molar-refractivity contribution is -0.115. The quantitative estimate of drug-likeness (QED) is 0.880. The second-order valence-electron chi connectivity index (χ2n) is 3.89. The highest BCUT2D eigenvalue weighted by Crippen LogP contribution is 2.24. The highest BCUT2D eigenvalue weighted by atomic mass is 32.2. The molecule has 100 valence electrons. The normalized spacial score (nSPS) is 12.8. The Morgan fingerprint density at radius 2 is 2.00 bits per heavy atom. The van der Waals surface area contributed by atoms with Crippen LogP contribution in [0.1, 0.15) is 13.8 Å². The maximum Gasteiger partial charge on any atom is 0.242 e. The summed E-state index contributed by atoms with van der Waals surface area (Å²) in [4.78, 5) is 11.8. The van der Waals surface area contributed by atoms with Crippen molar-refractivity contribution in [2.45, 2.75) is 19.1 Å². The Balaban J connectivity index is 2.88. The monoisotopic (exact) mass is 271 g/mol. The number of anilines is 1. The largest absolute Gasteiger partial charge is 0.492 e. The lowest BCUT2D eigenvalue weighted by Gasteiger charge is -2.13. The van der Waals surface area contributed by atoms with Crippen LogP contribution in [0.5, 0.6) is 5.75 Å². The van der Waals surface area contributed by atoms with E-state index >= 15 is 0 Å². The maximum atomic E-state index is 11.8. The van der Waals surface area contributed by atoms with E-state index in [0.29, 0.717) is 18.0 Å². The number of nitrogens with one attached hydrogen (secondary N) is 1. The summed E-state index contributed by atoms with van der Waals surface area (Å²) in [5.41, 5.74) is 0.472. The number of carbonyl (C=O) groups excluding carboxylic acids is 1. The van der Waals surface area contributed by atoms with Gasteiger partial charge in [0.25, 0.3) is 0 Å². The molecular formula is C12H17NO4S. The van der Waals surface area contributed by atoms with Gasteiger partial charge in [0.05, 0.1) is 12.3 Å². The minimum absolute atomic E-state index is 0.467. The van der Waals surface area contributed by atoms with Gasteiger partial charge in [0.1, 0.15) is 11.0 Å². The second-order valence-corrected chi connectivity index (χ2v) is 6.26. The lowest BCUT2D eigenvalue weighted by atomic mass is 10.3. The molecule has 0 aromatic heterocycles. The van der Waals surface area contributed by atoms with Gasteiger partial charge in [-0.05, 0) is 26.0 Å². The van der Waals surface area contributed by atoms with E-state index in [0.717, 1.165) is 6.26 Å². The molecule has 0 spiro atoms. The number of carbonyl (C=O) groups is 1. The Hall–Kier alpha value is -1.56. The molecule has 0 aliphatic carbocycles. The van der Waals surface area contributed by atoms with Crippen molar-refractivity contribution in [2.75, 3.05) is 18.2 Å². The summed E-state index contributed by atoms with van der Waals surface area (Å²) < 4.78 is 27.9. The molecule has 0 radical (unpaired) electrons. The summed E-state index contributed by atoms with van der Waals surface area (Å²) in [6, 6.07) is 6.89. The average molecular weight is 271 g/mol. The molecule has 0 unspecified atom stereocenters. The molecule has 0 bridgehead atoms. The van der Waals surface area contributed by atoms with Crippen molar-refractivity contribution >= 4 is 21.4 Å². The minimum atomic E-state index is -3.40. The summed E-state index contributed by atoms with van der Waals surface area (Å²) >= 11 is 0. The van der Waals surface area contributed by atoms with Crippen molar-refractivity contribution in [1.82, 2.24) is 0 Å². The first-order chi connectivity index (χ1) is 8.36. The van der Waals surface area contributed by atoms with E-state index in [1.54, 1.807) is 24.3 Å². The van der Waals surface area contributed by atoms with Crippen molar-refractivity contribution in [1.29, 1.82) is 0 Å². The van der Waals surface area contributed by atoms with Crippen LogP contribution in [0.25, 0.3) is 0 Å². The standard InChI is InChI=1S/C12H17NO4S/c1-4-17-11-8-6-5-7-10(11)13-12(14)9(2)18(3,15)16/h5-9H,4H2,1-3H3,(H,13,14)/t9-/m0/s1. The molecular weight excluding hydrogens is 254 g/mol. The third-order valence-corrected chi connectivity index (χ3v) is 3.95. The summed E-state index contributed by atoms with van der Waals surface area (Å²) in [7, 11) is -3.40. The smallest absolute Gasteiger partial charge is 0.242 e. The zero-order valence-electron chi connectivity index (χ0n) is 10.6. The summed E-state index contributed by atoms with van der Waals surface area (Å²) in [5, 5.41) is 1.47. The van der Waals surface area contributed by atoms with Crippen LogP contribution < -0.4 is 10.1 Å². The van der Waals surface area contributed by atoms with Gasteiger partial charge in [0.15, 0.2) is 9.84 Å². The molecule has 1 aromatic carbocycles. The molecule has 0 heterocycles. The fourth-order valence-electron chi connectivity index (χ4n) is 1.28. The number of sulfone groups is 1. The van der Waals surface area contributed by atoms with Gasteiger partial charge < -0.3 is 10.1 Å². The number of hydrogen-bond donors (Lipinski definition) is 1. The van der Waals surface area contributed by atoms with Gasteiger partial charge >= 0.3 is 0 Å². The van der Waals surface area contributed by atoms with Crippen LogP contribution >= 0.6 is 0 Å². The molecule has 0 fully saturated rings. The first kappa shape index (κ1) is 14.5. The fourth-order valence-corrected chi connectivity index (χ4v) is 1.73. The van der Waals surface area contributed by atoms with E-state index in [1.807, 2.05) is 6.92 Å². The number of para-hydroxylation sites is 2. The van der Waals surface area contributed by atoms with Crippen LogP contribution in [0.3, 0.4) is 0 Å². The molecule has 18 heavy (non-hydrogen) atoms. The number of hydrogen-bond acceptors (Lipinski definition) is 4. The average Bonchev–Trinajstić information content (AvgIpc) is 2.29. The van der Waals surface area contributed by atoms with E-state index in [1.165, 1.54) is 6.92 Å². The molecule has 1 N–H and O–H groups in total.